The SMILES string of the molecule is CN(CCN(C)c1ccc2nc(N)sc2n1)C(=O)OC(C)(C)C. The molecular formula is C15H23N5O2S. The van der Waals surface area contributed by atoms with Crippen LogP contribution in [0.15, 0.2) is 12.1 Å². The van der Waals surface area contributed by atoms with Gasteiger partial charge in [0.05, 0.1) is 0 Å². The Labute approximate surface area is 140 Å². The van der Waals surface area contributed by atoms with E-state index in [0.29, 0.717) is 18.2 Å². The van der Waals surface area contributed by atoms with Gasteiger partial charge in [-0.2, -0.15) is 0 Å². The number of carbonyl (C=O) groups is 1. The third-order valence-electron chi connectivity index (χ3n) is 3.12. The number of ether oxygens (including phenoxy) is 1. The molecule has 0 atom stereocenters. The second kappa shape index (κ2) is 6.57. The fourth-order valence-corrected chi connectivity index (χ4v) is 2.58. The highest BCUT2D eigenvalue weighted by molar-refractivity contribution is 7.21. The van der Waals surface area contributed by atoms with Gasteiger partial charge >= 0.3 is 6.09 Å². The molecule has 2 aromatic rings. The molecular weight excluding hydrogens is 314 g/mol. The Morgan fingerprint density at radius 3 is 2.61 bits per heavy atom. The molecule has 0 radical (unpaired) electrons. The number of rotatable bonds is 4. The Balaban J connectivity index is 1.95. The van der Waals surface area contributed by atoms with Crippen molar-refractivity contribution in [2.45, 2.75) is 26.4 Å². The van der Waals surface area contributed by atoms with E-state index < -0.39 is 5.60 Å². The second-order valence-corrected chi connectivity index (χ2v) is 7.38. The maximum absolute atomic E-state index is 11.9. The van der Waals surface area contributed by atoms with Gasteiger partial charge in [0.1, 0.15) is 21.8 Å². The van der Waals surface area contributed by atoms with Crippen LogP contribution in [0.5, 0.6) is 0 Å². The number of pyridine rings is 1. The Bertz CT molecular complexity index is 695. The zero-order valence-corrected chi connectivity index (χ0v) is 15.0. The summed E-state index contributed by atoms with van der Waals surface area (Å²) in [6, 6.07) is 3.80. The maximum atomic E-state index is 11.9. The number of carbonyl (C=O) groups excluding carboxylic acids is 1. The van der Waals surface area contributed by atoms with Crippen LogP contribution in [0.3, 0.4) is 0 Å². The zero-order chi connectivity index (χ0) is 17.2. The van der Waals surface area contributed by atoms with E-state index in [2.05, 4.69) is 9.97 Å². The first kappa shape index (κ1) is 17.3. The fraction of sp³-hybridized carbons (Fsp3) is 0.533. The first-order chi connectivity index (χ1) is 10.7. The summed E-state index contributed by atoms with van der Waals surface area (Å²) in [5, 5.41) is 0.511. The van der Waals surface area contributed by atoms with Crippen LogP contribution in [0.2, 0.25) is 0 Å². The van der Waals surface area contributed by atoms with E-state index in [1.165, 1.54) is 11.3 Å². The van der Waals surface area contributed by atoms with Gasteiger partial charge < -0.3 is 20.3 Å². The first-order valence-electron chi connectivity index (χ1n) is 7.34. The highest BCUT2D eigenvalue weighted by atomic mass is 32.1. The number of amides is 1. The molecule has 2 aromatic heterocycles. The van der Waals surface area contributed by atoms with E-state index in [0.717, 1.165) is 16.2 Å². The highest BCUT2D eigenvalue weighted by Gasteiger charge is 2.19. The van der Waals surface area contributed by atoms with Crippen molar-refractivity contribution in [3.63, 3.8) is 0 Å². The number of nitrogens with two attached hydrogens (primary N) is 1. The van der Waals surface area contributed by atoms with Gasteiger partial charge in [-0.3, -0.25) is 0 Å². The van der Waals surface area contributed by atoms with Gasteiger partial charge in [-0.25, -0.2) is 14.8 Å². The van der Waals surface area contributed by atoms with Crippen molar-refractivity contribution >= 4 is 38.7 Å². The van der Waals surface area contributed by atoms with Crippen molar-refractivity contribution < 1.29 is 9.53 Å². The Kier molecular flexibility index (Phi) is 4.93. The van der Waals surface area contributed by atoms with Crippen molar-refractivity contribution in [3.8, 4) is 0 Å². The minimum Gasteiger partial charge on any atom is -0.444 e. The molecule has 0 spiro atoms. The molecule has 0 aliphatic rings. The fourth-order valence-electron chi connectivity index (χ4n) is 1.88. The predicted octanol–water partition coefficient (Wildman–Crippen LogP) is 2.58. The molecule has 2 rings (SSSR count). The number of aromatic nitrogens is 2. The average Bonchev–Trinajstić information content (AvgIpc) is 2.81. The largest absolute Gasteiger partial charge is 0.444 e. The smallest absolute Gasteiger partial charge is 0.410 e. The monoisotopic (exact) mass is 337 g/mol. The highest BCUT2D eigenvalue weighted by Crippen LogP contribution is 2.24. The predicted molar refractivity (Wildman–Crippen MR) is 94.0 cm³/mol. The van der Waals surface area contributed by atoms with E-state index >= 15 is 0 Å². The number of hydrogen-bond donors (Lipinski definition) is 1. The van der Waals surface area contributed by atoms with Gasteiger partial charge in [0.15, 0.2) is 5.13 Å². The van der Waals surface area contributed by atoms with Crippen LogP contribution in [-0.2, 0) is 4.74 Å². The molecule has 0 aliphatic heterocycles. The lowest BCUT2D eigenvalue weighted by Gasteiger charge is -2.26. The Morgan fingerprint density at radius 1 is 1.26 bits per heavy atom. The van der Waals surface area contributed by atoms with Crippen LogP contribution in [0.25, 0.3) is 10.3 Å². The third kappa shape index (κ3) is 4.69. The molecule has 126 valence electrons. The summed E-state index contributed by atoms with van der Waals surface area (Å²) < 4.78 is 5.33. The summed E-state index contributed by atoms with van der Waals surface area (Å²) in [6.45, 7) is 6.73. The summed E-state index contributed by atoms with van der Waals surface area (Å²) in [6.07, 6.45) is -0.329. The molecule has 1 amide bonds. The minimum atomic E-state index is -0.490. The van der Waals surface area contributed by atoms with E-state index in [1.54, 1.807) is 11.9 Å². The van der Waals surface area contributed by atoms with Crippen molar-refractivity contribution in [1.82, 2.24) is 14.9 Å². The topological polar surface area (TPSA) is 84.6 Å². The molecule has 0 aliphatic carbocycles. The van der Waals surface area contributed by atoms with Gasteiger partial charge in [-0.15, -0.1) is 0 Å². The first-order valence-corrected chi connectivity index (χ1v) is 8.15. The van der Waals surface area contributed by atoms with Crippen LogP contribution < -0.4 is 10.6 Å². The van der Waals surface area contributed by atoms with Gasteiger partial charge in [0.25, 0.3) is 0 Å². The molecule has 8 heteroatoms. The molecule has 0 bridgehead atoms. The standard InChI is InChI=1S/C15H23N5O2S/c1-15(2,3)22-14(21)20(5)9-8-19(4)11-7-6-10-12(18-11)23-13(16)17-10/h6-7H,8-9H2,1-5H3,(H2,16,17). The lowest BCUT2D eigenvalue weighted by Crippen LogP contribution is -2.38. The van der Waals surface area contributed by atoms with E-state index in [-0.39, 0.29) is 6.09 Å². The number of anilines is 2. The van der Waals surface area contributed by atoms with Crippen LogP contribution in [-0.4, -0.2) is 53.7 Å². The lowest BCUT2D eigenvalue weighted by atomic mass is 10.2. The van der Waals surface area contributed by atoms with Crippen LogP contribution in [0, 0.1) is 0 Å². The summed E-state index contributed by atoms with van der Waals surface area (Å²) >= 11 is 1.36. The van der Waals surface area contributed by atoms with Gasteiger partial charge in [-0.05, 0) is 32.9 Å². The normalized spacial score (nSPS) is 11.5. The molecule has 0 saturated heterocycles. The van der Waals surface area contributed by atoms with Gasteiger partial charge in [-0.1, -0.05) is 11.3 Å². The van der Waals surface area contributed by atoms with Crippen LogP contribution >= 0.6 is 11.3 Å². The molecule has 7 nitrogen and oxygen atoms in total. The van der Waals surface area contributed by atoms with E-state index in [9.17, 15) is 4.79 Å². The third-order valence-corrected chi connectivity index (χ3v) is 3.92. The van der Waals surface area contributed by atoms with Crippen molar-refractivity contribution in [3.05, 3.63) is 12.1 Å². The molecule has 0 unspecified atom stereocenters. The summed E-state index contributed by atoms with van der Waals surface area (Å²) in [5.74, 6) is 0.818. The number of fused-ring (bicyclic) bond motifs is 1. The molecule has 0 fully saturated rings. The Morgan fingerprint density at radius 2 is 1.96 bits per heavy atom. The quantitative estimate of drug-likeness (QED) is 0.923. The van der Waals surface area contributed by atoms with Crippen LogP contribution in [0.4, 0.5) is 15.7 Å². The summed E-state index contributed by atoms with van der Waals surface area (Å²) in [7, 11) is 3.66. The summed E-state index contributed by atoms with van der Waals surface area (Å²) in [4.78, 5) is 25.0. The summed E-state index contributed by atoms with van der Waals surface area (Å²) in [5.41, 5.74) is 6.01. The lowest BCUT2D eigenvalue weighted by molar-refractivity contribution is 0.0303. The number of hydrogen-bond acceptors (Lipinski definition) is 7. The molecule has 0 aromatic carbocycles. The van der Waals surface area contributed by atoms with Crippen molar-refractivity contribution in [1.29, 1.82) is 0 Å². The maximum Gasteiger partial charge on any atom is 0.410 e. The average molecular weight is 337 g/mol. The molecule has 2 heterocycles. The van der Waals surface area contributed by atoms with E-state index in [4.69, 9.17) is 10.5 Å². The molecule has 23 heavy (non-hydrogen) atoms. The van der Waals surface area contributed by atoms with Crippen molar-refractivity contribution in [2.24, 2.45) is 0 Å². The number of nitrogens with zero attached hydrogens (tertiary/aromatic N) is 4. The number of thiazole rings is 1. The number of nitrogen functional groups attached to an aromatic ring is 1. The zero-order valence-electron chi connectivity index (χ0n) is 14.2. The Hall–Kier alpha value is -2.09. The van der Waals surface area contributed by atoms with Gasteiger partial charge in [0.2, 0.25) is 0 Å². The number of likely N-dealkylation sites (N-methyl/N-ethyl adjacent to an activating group) is 2. The van der Waals surface area contributed by atoms with Crippen molar-refractivity contribution in [2.75, 3.05) is 37.8 Å². The van der Waals surface area contributed by atoms with E-state index in [1.807, 2.05) is 44.9 Å². The second-order valence-electron chi connectivity index (χ2n) is 6.37. The molecule has 0 saturated carbocycles. The van der Waals surface area contributed by atoms with Crippen LogP contribution in [0.1, 0.15) is 20.8 Å². The van der Waals surface area contributed by atoms with Gasteiger partial charge in [0, 0.05) is 27.2 Å². The minimum absolute atomic E-state index is 0.329. The molecule has 2 N–H and O–H groups in total.